The van der Waals surface area contributed by atoms with Gasteiger partial charge >= 0.3 is 15.6 Å². The van der Waals surface area contributed by atoms with E-state index in [0.717, 1.165) is 25.7 Å². The number of hydrogen-bond acceptors (Lipinski definition) is 4. The third-order valence-corrected chi connectivity index (χ3v) is 3.10. The Balaban J connectivity index is 3.17. The van der Waals surface area contributed by atoms with Gasteiger partial charge in [-0.15, -0.1) is 0 Å². The van der Waals surface area contributed by atoms with Crippen LogP contribution in [0.1, 0.15) is 38.5 Å². The normalized spacial score (nSPS) is 12.9. The van der Waals surface area contributed by atoms with Crippen LogP contribution >= 0.6 is 15.6 Å². The molecule has 0 aromatic rings. The number of phosphoric acid groups is 2. The number of phosphoric ester groups is 2. The summed E-state index contributed by atoms with van der Waals surface area (Å²) in [6.07, 6.45) is 4.48. The van der Waals surface area contributed by atoms with Gasteiger partial charge in [-0.1, -0.05) is 25.7 Å². The van der Waals surface area contributed by atoms with Gasteiger partial charge in [-0.3, -0.25) is 9.05 Å². The van der Waals surface area contributed by atoms with Crippen molar-refractivity contribution in [3.8, 4) is 0 Å². The average Bonchev–Trinajstić information content (AvgIpc) is 2.17. The van der Waals surface area contributed by atoms with Crippen LogP contribution in [0.3, 0.4) is 0 Å². The summed E-state index contributed by atoms with van der Waals surface area (Å²) in [7, 11) is -8.68. The number of hydrogen-bond donors (Lipinski definition) is 4. The fourth-order valence-electron chi connectivity index (χ4n) is 1.28. The molecule has 18 heavy (non-hydrogen) atoms. The summed E-state index contributed by atoms with van der Waals surface area (Å²) in [5.41, 5.74) is 0. The van der Waals surface area contributed by atoms with Gasteiger partial charge in [0.1, 0.15) is 0 Å². The van der Waals surface area contributed by atoms with Gasteiger partial charge in [0.2, 0.25) is 0 Å². The van der Waals surface area contributed by atoms with Gasteiger partial charge in [-0.05, 0) is 12.8 Å². The van der Waals surface area contributed by atoms with Crippen LogP contribution < -0.4 is 0 Å². The molecular formula is C8H20O8P2. The van der Waals surface area contributed by atoms with Gasteiger partial charge in [0.25, 0.3) is 0 Å². The van der Waals surface area contributed by atoms with E-state index in [2.05, 4.69) is 9.05 Å². The predicted molar refractivity (Wildman–Crippen MR) is 63.7 cm³/mol. The summed E-state index contributed by atoms with van der Waals surface area (Å²) >= 11 is 0. The van der Waals surface area contributed by atoms with Crippen molar-refractivity contribution in [3.63, 3.8) is 0 Å². The van der Waals surface area contributed by atoms with E-state index in [4.69, 9.17) is 19.6 Å². The zero-order valence-electron chi connectivity index (χ0n) is 9.97. The molecule has 0 bridgehead atoms. The molecular weight excluding hydrogens is 286 g/mol. The summed E-state index contributed by atoms with van der Waals surface area (Å²) in [5.74, 6) is 0. The largest absolute Gasteiger partial charge is 0.469 e. The third kappa shape index (κ3) is 16.2. The summed E-state index contributed by atoms with van der Waals surface area (Å²) in [6, 6.07) is 0. The fraction of sp³-hybridized carbons (Fsp3) is 1.00. The Morgan fingerprint density at radius 3 is 1.17 bits per heavy atom. The molecule has 0 aliphatic heterocycles. The van der Waals surface area contributed by atoms with Crippen molar-refractivity contribution in [2.24, 2.45) is 0 Å². The first-order valence-electron chi connectivity index (χ1n) is 5.61. The summed E-state index contributed by atoms with van der Waals surface area (Å²) in [4.78, 5) is 33.6. The fourth-order valence-corrected chi connectivity index (χ4v) is 2.01. The minimum Gasteiger partial charge on any atom is -0.303 e. The molecule has 0 aliphatic rings. The molecule has 0 heterocycles. The molecule has 0 fully saturated rings. The Morgan fingerprint density at radius 1 is 0.611 bits per heavy atom. The van der Waals surface area contributed by atoms with E-state index in [1.807, 2.05) is 0 Å². The highest BCUT2D eigenvalue weighted by atomic mass is 31.2. The van der Waals surface area contributed by atoms with Crippen molar-refractivity contribution in [3.05, 3.63) is 0 Å². The molecule has 4 N–H and O–H groups in total. The lowest BCUT2D eigenvalue weighted by Gasteiger charge is -2.06. The molecule has 0 saturated carbocycles. The van der Waals surface area contributed by atoms with Crippen LogP contribution in [0.15, 0.2) is 0 Å². The first kappa shape index (κ1) is 18.2. The number of unbranched alkanes of at least 4 members (excludes halogenated alkanes) is 5. The highest BCUT2D eigenvalue weighted by molar-refractivity contribution is 7.46. The van der Waals surface area contributed by atoms with E-state index in [0.29, 0.717) is 12.8 Å². The maximum atomic E-state index is 10.3. The Kier molecular flexibility index (Phi) is 9.29. The van der Waals surface area contributed by atoms with Crippen LogP contribution in [0.5, 0.6) is 0 Å². The van der Waals surface area contributed by atoms with Crippen molar-refractivity contribution in [2.45, 2.75) is 38.5 Å². The maximum absolute atomic E-state index is 10.3. The van der Waals surface area contributed by atoms with Crippen molar-refractivity contribution in [2.75, 3.05) is 13.2 Å². The molecule has 0 unspecified atom stereocenters. The molecule has 0 rings (SSSR count). The third-order valence-electron chi connectivity index (χ3n) is 2.06. The molecule has 10 heteroatoms. The quantitative estimate of drug-likeness (QED) is 0.333. The first-order valence-corrected chi connectivity index (χ1v) is 8.67. The SMILES string of the molecule is O=P(O)(O)OCCCCCCCCOP(=O)(O)O. The van der Waals surface area contributed by atoms with Crippen LogP contribution in [-0.2, 0) is 18.2 Å². The molecule has 0 radical (unpaired) electrons. The van der Waals surface area contributed by atoms with Crippen molar-refractivity contribution in [1.82, 2.24) is 0 Å². The predicted octanol–water partition coefficient (Wildman–Crippen LogP) is 1.55. The molecule has 0 aliphatic carbocycles. The Morgan fingerprint density at radius 2 is 0.889 bits per heavy atom. The minimum absolute atomic E-state index is 0.0333. The van der Waals surface area contributed by atoms with Crippen molar-refractivity contribution >= 4 is 15.6 Å². The Hall–Kier alpha value is 0.220. The maximum Gasteiger partial charge on any atom is 0.469 e. The standard InChI is InChI=1S/C8H20O8P2/c9-17(10,11)15-7-5-3-1-2-4-6-8-16-18(12,13)14/h1-8H2,(H2,9,10,11)(H2,12,13,14). The van der Waals surface area contributed by atoms with Gasteiger partial charge in [-0.25, -0.2) is 9.13 Å². The van der Waals surface area contributed by atoms with E-state index in [-0.39, 0.29) is 13.2 Å². The number of rotatable bonds is 11. The molecule has 0 aromatic heterocycles. The van der Waals surface area contributed by atoms with Crippen LogP contribution in [0.2, 0.25) is 0 Å². The van der Waals surface area contributed by atoms with Gasteiger partial charge < -0.3 is 19.6 Å². The van der Waals surface area contributed by atoms with Gasteiger partial charge in [-0.2, -0.15) is 0 Å². The second-order valence-electron chi connectivity index (χ2n) is 3.77. The second-order valence-corrected chi connectivity index (χ2v) is 6.25. The highest BCUT2D eigenvalue weighted by Gasteiger charge is 2.13. The van der Waals surface area contributed by atoms with E-state index >= 15 is 0 Å². The van der Waals surface area contributed by atoms with Crippen LogP contribution in [0.4, 0.5) is 0 Å². The average molecular weight is 306 g/mol. The van der Waals surface area contributed by atoms with E-state index in [9.17, 15) is 9.13 Å². The Labute approximate surface area is 106 Å². The summed E-state index contributed by atoms with van der Waals surface area (Å²) in [6.45, 7) is 0.0667. The van der Waals surface area contributed by atoms with E-state index < -0.39 is 15.6 Å². The topological polar surface area (TPSA) is 134 Å². The van der Waals surface area contributed by atoms with Crippen LogP contribution in [0, 0.1) is 0 Å². The van der Waals surface area contributed by atoms with Crippen molar-refractivity contribution < 1.29 is 37.8 Å². The highest BCUT2D eigenvalue weighted by Crippen LogP contribution is 2.36. The molecule has 0 spiro atoms. The monoisotopic (exact) mass is 306 g/mol. The molecule has 8 nitrogen and oxygen atoms in total. The minimum atomic E-state index is -4.34. The van der Waals surface area contributed by atoms with Crippen LogP contribution in [-0.4, -0.2) is 32.8 Å². The van der Waals surface area contributed by atoms with Gasteiger partial charge in [0.15, 0.2) is 0 Å². The Bertz CT molecular complexity index is 265. The zero-order valence-corrected chi connectivity index (χ0v) is 11.8. The molecule has 0 aromatic carbocycles. The van der Waals surface area contributed by atoms with Crippen molar-refractivity contribution in [1.29, 1.82) is 0 Å². The van der Waals surface area contributed by atoms with E-state index in [1.54, 1.807) is 0 Å². The molecule has 110 valence electrons. The molecule has 0 amide bonds. The zero-order chi connectivity index (χ0) is 14.1. The smallest absolute Gasteiger partial charge is 0.303 e. The van der Waals surface area contributed by atoms with Gasteiger partial charge in [0, 0.05) is 0 Å². The lowest BCUT2D eigenvalue weighted by Crippen LogP contribution is -1.93. The second kappa shape index (κ2) is 9.18. The first-order chi connectivity index (χ1) is 8.21. The molecule has 0 saturated heterocycles. The lowest BCUT2D eigenvalue weighted by molar-refractivity contribution is 0.189. The lowest BCUT2D eigenvalue weighted by atomic mass is 10.1. The summed E-state index contributed by atoms with van der Waals surface area (Å²) in [5, 5.41) is 0. The van der Waals surface area contributed by atoms with Crippen LogP contribution in [0.25, 0.3) is 0 Å². The van der Waals surface area contributed by atoms with E-state index in [1.165, 1.54) is 0 Å². The summed E-state index contributed by atoms with van der Waals surface area (Å²) < 4.78 is 29.2. The van der Waals surface area contributed by atoms with Gasteiger partial charge in [0.05, 0.1) is 13.2 Å². The molecule has 0 atom stereocenters.